The maximum absolute atomic E-state index is 11.4. The number of rotatable bonds is 2. The van der Waals surface area contributed by atoms with Crippen molar-refractivity contribution >= 4 is 23.0 Å². The highest BCUT2D eigenvalue weighted by Crippen LogP contribution is 2.29. The number of nitrogens with two attached hydrogens (primary N) is 1. The van der Waals surface area contributed by atoms with Gasteiger partial charge in [0.2, 0.25) is 5.91 Å². The highest BCUT2D eigenvalue weighted by Gasteiger charge is 2.31. The van der Waals surface area contributed by atoms with Crippen molar-refractivity contribution in [1.82, 2.24) is 4.98 Å². The summed E-state index contributed by atoms with van der Waals surface area (Å²) in [4.78, 5) is 17.9. The number of hydrogen-bond acceptors (Lipinski definition) is 4. The summed E-state index contributed by atoms with van der Waals surface area (Å²) in [6, 6.07) is 8.56. The van der Waals surface area contributed by atoms with E-state index in [0.29, 0.717) is 18.6 Å². The predicted molar refractivity (Wildman–Crippen MR) is 72.7 cm³/mol. The molecule has 1 aromatic heterocycles. The van der Waals surface area contributed by atoms with E-state index in [1.54, 1.807) is 0 Å². The van der Waals surface area contributed by atoms with Gasteiger partial charge in [0.15, 0.2) is 5.58 Å². The lowest BCUT2D eigenvalue weighted by molar-refractivity contribution is -0.122. The SMILES string of the molecule is C[C@@H]1CC[C@@H](C(N)=O)CN1c1nc2ccccc2o1. The average molecular weight is 259 g/mol. The summed E-state index contributed by atoms with van der Waals surface area (Å²) < 4.78 is 5.77. The Morgan fingerprint density at radius 3 is 2.95 bits per heavy atom. The number of carbonyl (C=O) groups excluding carboxylic acids is 1. The number of para-hydroxylation sites is 2. The molecule has 1 aliphatic heterocycles. The second-order valence-corrected chi connectivity index (χ2v) is 5.14. The Bertz CT molecular complexity index is 575. The number of amides is 1. The molecule has 2 aromatic rings. The van der Waals surface area contributed by atoms with Crippen LogP contribution in [0.15, 0.2) is 28.7 Å². The summed E-state index contributed by atoms with van der Waals surface area (Å²) in [5, 5.41) is 0. The molecule has 1 aliphatic rings. The van der Waals surface area contributed by atoms with Crippen LogP contribution in [0.5, 0.6) is 0 Å². The molecule has 1 saturated heterocycles. The van der Waals surface area contributed by atoms with E-state index in [2.05, 4.69) is 11.9 Å². The Morgan fingerprint density at radius 1 is 1.42 bits per heavy atom. The van der Waals surface area contributed by atoms with Gasteiger partial charge >= 0.3 is 0 Å². The average Bonchev–Trinajstić information content (AvgIpc) is 2.82. The Hall–Kier alpha value is -2.04. The molecule has 5 heteroatoms. The zero-order valence-corrected chi connectivity index (χ0v) is 10.9. The standard InChI is InChI=1S/C14H17N3O2/c1-9-6-7-10(13(15)18)8-17(9)14-16-11-4-2-3-5-12(11)19-14/h2-5,9-10H,6-8H2,1H3,(H2,15,18)/t9-,10-/m1/s1. The van der Waals surface area contributed by atoms with E-state index in [4.69, 9.17) is 10.2 Å². The second kappa shape index (κ2) is 4.57. The lowest BCUT2D eigenvalue weighted by atomic mass is 9.93. The number of aromatic nitrogens is 1. The highest BCUT2D eigenvalue weighted by atomic mass is 16.4. The van der Waals surface area contributed by atoms with Gasteiger partial charge in [0.05, 0.1) is 5.92 Å². The normalized spacial score (nSPS) is 23.7. The summed E-state index contributed by atoms with van der Waals surface area (Å²) in [5.41, 5.74) is 7.02. The van der Waals surface area contributed by atoms with Crippen LogP contribution in [-0.4, -0.2) is 23.5 Å². The molecule has 5 nitrogen and oxygen atoms in total. The van der Waals surface area contributed by atoms with Gasteiger partial charge in [-0.05, 0) is 31.9 Å². The topological polar surface area (TPSA) is 72.4 Å². The van der Waals surface area contributed by atoms with Crippen LogP contribution in [0.4, 0.5) is 6.01 Å². The third-order valence-corrected chi connectivity index (χ3v) is 3.81. The quantitative estimate of drug-likeness (QED) is 0.894. The van der Waals surface area contributed by atoms with E-state index in [0.717, 1.165) is 23.9 Å². The van der Waals surface area contributed by atoms with E-state index in [1.165, 1.54) is 0 Å². The molecule has 1 amide bonds. The molecule has 2 heterocycles. The molecule has 2 N–H and O–H groups in total. The maximum Gasteiger partial charge on any atom is 0.298 e. The Morgan fingerprint density at radius 2 is 2.21 bits per heavy atom. The molecule has 0 aliphatic carbocycles. The van der Waals surface area contributed by atoms with Crippen LogP contribution in [0.1, 0.15) is 19.8 Å². The first-order chi connectivity index (χ1) is 9.15. The third kappa shape index (κ3) is 2.16. The van der Waals surface area contributed by atoms with Crippen LogP contribution in [0.3, 0.4) is 0 Å². The molecule has 0 unspecified atom stereocenters. The van der Waals surface area contributed by atoms with Gasteiger partial charge in [-0.1, -0.05) is 12.1 Å². The van der Waals surface area contributed by atoms with Gasteiger partial charge in [-0.25, -0.2) is 0 Å². The zero-order valence-electron chi connectivity index (χ0n) is 10.9. The summed E-state index contributed by atoms with van der Waals surface area (Å²) >= 11 is 0. The predicted octanol–water partition coefficient (Wildman–Crippen LogP) is 1.92. The van der Waals surface area contributed by atoms with Crippen molar-refractivity contribution in [3.63, 3.8) is 0 Å². The fourth-order valence-electron chi connectivity index (χ4n) is 2.59. The lowest BCUT2D eigenvalue weighted by Crippen LogP contribution is -2.46. The third-order valence-electron chi connectivity index (χ3n) is 3.81. The van der Waals surface area contributed by atoms with Crippen LogP contribution >= 0.6 is 0 Å². The number of benzene rings is 1. The van der Waals surface area contributed by atoms with Crippen molar-refractivity contribution in [2.24, 2.45) is 11.7 Å². The maximum atomic E-state index is 11.4. The van der Waals surface area contributed by atoms with Crippen molar-refractivity contribution in [2.45, 2.75) is 25.8 Å². The van der Waals surface area contributed by atoms with Crippen LogP contribution in [0.2, 0.25) is 0 Å². The Labute approximate surface area is 111 Å². The highest BCUT2D eigenvalue weighted by molar-refractivity contribution is 5.78. The van der Waals surface area contributed by atoms with Crippen molar-refractivity contribution < 1.29 is 9.21 Å². The van der Waals surface area contributed by atoms with Crippen LogP contribution < -0.4 is 10.6 Å². The minimum Gasteiger partial charge on any atom is -0.423 e. The van der Waals surface area contributed by atoms with Crippen LogP contribution in [-0.2, 0) is 4.79 Å². The van der Waals surface area contributed by atoms with Gasteiger partial charge in [0.25, 0.3) is 6.01 Å². The lowest BCUT2D eigenvalue weighted by Gasteiger charge is -2.35. The van der Waals surface area contributed by atoms with Crippen molar-refractivity contribution in [2.75, 3.05) is 11.4 Å². The van der Waals surface area contributed by atoms with Gasteiger partial charge in [-0.3, -0.25) is 4.79 Å². The van der Waals surface area contributed by atoms with Gasteiger partial charge in [0, 0.05) is 12.6 Å². The minimum absolute atomic E-state index is 0.119. The number of hydrogen-bond donors (Lipinski definition) is 1. The van der Waals surface area contributed by atoms with Gasteiger partial charge in [-0.15, -0.1) is 0 Å². The fraction of sp³-hybridized carbons (Fsp3) is 0.429. The van der Waals surface area contributed by atoms with E-state index < -0.39 is 0 Å². The molecule has 0 bridgehead atoms. The van der Waals surface area contributed by atoms with Gasteiger partial charge in [-0.2, -0.15) is 4.98 Å². The molecule has 19 heavy (non-hydrogen) atoms. The Balaban J connectivity index is 1.92. The zero-order chi connectivity index (χ0) is 13.4. The van der Waals surface area contributed by atoms with Crippen LogP contribution in [0.25, 0.3) is 11.1 Å². The molecular weight excluding hydrogens is 242 g/mol. The molecule has 0 spiro atoms. The van der Waals surface area contributed by atoms with Crippen molar-refractivity contribution in [3.8, 4) is 0 Å². The number of nitrogens with zero attached hydrogens (tertiary/aromatic N) is 2. The molecule has 0 radical (unpaired) electrons. The molecular formula is C14H17N3O2. The second-order valence-electron chi connectivity index (χ2n) is 5.14. The number of fused-ring (bicyclic) bond motifs is 1. The summed E-state index contributed by atoms with van der Waals surface area (Å²) in [5.74, 6) is -0.362. The largest absolute Gasteiger partial charge is 0.423 e. The number of piperidine rings is 1. The molecule has 1 aromatic carbocycles. The fourth-order valence-corrected chi connectivity index (χ4v) is 2.59. The Kier molecular flexibility index (Phi) is 2.89. The molecule has 2 atom stereocenters. The number of primary amides is 1. The van der Waals surface area contributed by atoms with Gasteiger partial charge in [0.1, 0.15) is 5.52 Å². The van der Waals surface area contributed by atoms with E-state index >= 15 is 0 Å². The molecule has 0 saturated carbocycles. The van der Waals surface area contributed by atoms with Crippen molar-refractivity contribution in [1.29, 1.82) is 0 Å². The first-order valence-electron chi connectivity index (χ1n) is 6.56. The number of carbonyl (C=O) groups is 1. The minimum atomic E-state index is -0.243. The van der Waals surface area contributed by atoms with Crippen LogP contribution in [0, 0.1) is 5.92 Å². The molecule has 1 fully saturated rings. The smallest absolute Gasteiger partial charge is 0.298 e. The van der Waals surface area contributed by atoms with E-state index in [9.17, 15) is 4.79 Å². The summed E-state index contributed by atoms with van der Waals surface area (Å²) in [7, 11) is 0. The number of anilines is 1. The summed E-state index contributed by atoms with van der Waals surface area (Å²) in [6.07, 6.45) is 1.76. The first kappa shape index (κ1) is 12.0. The van der Waals surface area contributed by atoms with E-state index in [1.807, 2.05) is 29.2 Å². The number of oxazole rings is 1. The van der Waals surface area contributed by atoms with Crippen molar-refractivity contribution in [3.05, 3.63) is 24.3 Å². The van der Waals surface area contributed by atoms with Gasteiger partial charge < -0.3 is 15.1 Å². The monoisotopic (exact) mass is 259 g/mol. The van der Waals surface area contributed by atoms with E-state index in [-0.39, 0.29) is 11.8 Å². The molecule has 100 valence electrons. The summed E-state index contributed by atoms with van der Waals surface area (Å²) in [6.45, 7) is 2.70. The molecule has 3 rings (SSSR count). The first-order valence-corrected chi connectivity index (χ1v) is 6.56.